The highest BCUT2D eigenvalue weighted by Crippen LogP contribution is 2.17. The Morgan fingerprint density at radius 1 is 1.29 bits per heavy atom. The van der Waals surface area contributed by atoms with Crippen molar-refractivity contribution in [1.82, 2.24) is 10.2 Å². The molecular weight excluding hydrogens is 172 g/mol. The van der Waals surface area contributed by atoms with Gasteiger partial charge in [-0.25, -0.2) is 0 Å². The first-order chi connectivity index (χ1) is 6.59. The van der Waals surface area contributed by atoms with Gasteiger partial charge in [-0.2, -0.15) is 0 Å². The molecular formula is C12H26N2. The Morgan fingerprint density at radius 3 is 2.57 bits per heavy atom. The second-order valence-corrected chi connectivity index (χ2v) is 5.25. The van der Waals surface area contributed by atoms with Crippen LogP contribution in [0.2, 0.25) is 0 Å². The van der Waals surface area contributed by atoms with E-state index in [1.54, 1.807) is 0 Å². The number of nitrogens with one attached hydrogen (secondary N) is 1. The fraction of sp³-hybridized carbons (Fsp3) is 1.00. The van der Waals surface area contributed by atoms with Gasteiger partial charge in [0, 0.05) is 25.2 Å². The summed E-state index contributed by atoms with van der Waals surface area (Å²) in [7, 11) is 0. The predicted molar refractivity (Wildman–Crippen MR) is 62.6 cm³/mol. The Balaban J connectivity index is 2.28. The zero-order chi connectivity index (χ0) is 10.6. The molecule has 1 aliphatic heterocycles. The molecule has 0 amide bonds. The third-order valence-corrected chi connectivity index (χ3v) is 2.86. The summed E-state index contributed by atoms with van der Waals surface area (Å²) >= 11 is 0. The molecule has 0 spiro atoms. The van der Waals surface area contributed by atoms with Crippen molar-refractivity contribution < 1.29 is 0 Å². The van der Waals surface area contributed by atoms with E-state index in [1.807, 2.05) is 0 Å². The van der Waals surface area contributed by atoms with Crippen molar-refractivity contribution in [3.63, 3.8) is 0 Å². The summed E-state index contributed by atoms with van der Waals surface area (Å²) in [4.78, 5) is 2.65. The normalized spacial score (nSPS) is 24.0. The molecule has 0 aromatic carbocycles. The van der Waals surface area contributed by atoms with Crippen molar-refractivity contribution in [3.8, 4) is 0 Å². The Kier molecular flexibility index (Phi) is 4.90. The van der Waals surface area contributed by atoms with Crippen LogP contribution in [-0.2, 0) is 0 Å². The van der Waals surface area contributed by atoms with Gasteiger partial charge in [-0.1, -0.05) is 27.7 Å². The molecule has 0 radical (unpaired) electrons. The van der Waals surface area contributed by atoms with E-state index in [2.05, 4.69) is 37.9 Å². The van der Waals surface area contributed by atoms with Gasteiger partial charge < -0.3 is 5.32 Å². The molecule has 2 nitrogen and oxygen atoms in total. The van der Waals surface area contributed by atoms with Crippen LogP contribution in [-0.4, -0.2) is 36.6 Å². The summed E-state index contributed by atoms with van der Waals surface area (Å²) in [6.07, 6.45) is 2.77. The topological polar surface area (TPSA) is 15.3 Å². The second-order valence-electron chi connectivity index (χ2n) is 5.25. The average molecular weight is 198 g/mol. The Labute approximate surface area is 89.1 Å². The molecule has 1 heterocycles. The first kappa shape index (κ1) is 12.0. The SMILES string of the molecule is CC(C)CN1CCCC1CNC(C)C. The van der Waals surface area contributed by atoms with Crippen molar-refractivity contribution in [2.75, 3.05) is 19.6 Å². The van der Waals surface area contributed by atoms with Crippen LogP contribution in [0.5, 0.6) is 0 Å². The third-order valence-electron chi connectivity index (χ3n) is 2.86. The largest absolute Gasteiger partial charge is 0.313 e. The van der Waals surface area contributed by atoms with Gasteiger partial charge in [0.1, 0.15) is 0 Å². The van der Waals surface area contributed by atoms with Gasteiger partial charge in [-0.05, 0) is 25.3 Å². The van der Waals surface area contributed by atoms with Crippen LogP contribution in [0.15, 0.2) is 0 Å². The molecule has 0 saturated carbocycles. The lowest BCUT2D eigenvalue weighted by Gasteiger charge is -2.27. The Morgan fingerprint density at radius 2 is 2.00 bits per heavy atom. The van der Waals surface area contributed by atoms with Crippen LogP contribution in [0, 0.1) is 5.92 Å². The average Bonchev–Trinajstić information content (AvgIpc) is 2.47. The van der Waals surface area contributed by atoms with E-state index in [4.69, 9.17) is 0 Å². The molecule has 1 saturated heterocycles. The van der Waals surface area contributed by atoms with E-state index in [9.17, 15) is 0 Å². The summed E-state index contributed by atoms with van der Waals surface area (Å²) in [6, 6.07) is 1.41. The van der Waals surface area contributed by atoms with Crippen LogP contribution in [0.4, 0.5) is 0 Å². The van der Waals surface area contributed by atoms with E-state index in [1.165, 1.54) is 32.5 Å². The van der Waals surface area contributed by atoms with Crippen LogP contribution in [0.25, 0.3) is 0 Å². The lowest BCUT2D eigenvalue weighted by molar-refractivity contribution is 0.219. The highest BCUT2D eigenvalue weighted by molar-refractivity contribution is 4.81. The molecule has 0 bridgehead atoms. The lowest BCUT2D eigenvalue weighted by atomic mass is 10.1. The maximum absolute atomic E-state index is 3.55. The van der Waals surface area contributed by atoms with Crippen LogP contribution < -0.4 is 5.32 Å². The fourth-order valence-corrected chi connectivity index (χ4v) is 2.21. The molecule has 0 aromatic rings. The van der Waals surface area contributed by atoms with Crippen molar-refractivity contribution in [3.05, 3.63) is 0 Å². The molecule has 1 rings (SSSR count). The number of hydrogen-bond acceptors (Lipinski definition) is 2. The van der Waals surface area contributed by atoms with Gasteiger partial charge in [-0.15, -0.1) is 0 Å². The molecule has 1 unspecified atom stereocenters. The van der Waals surface area contributed by atoms with E-state index in [0.29, 0.717) is 6.04 Å². The summed E-state index contributed by atoms with van der Waals surface area (Å²) in [5.74, 6) is 0.801. The van der Waals surface area contributed by atoms with Gasteiger partial charge in [-0.3, -0.25) is 4.90 Å². The van der Waals surface area contributed by atoms with E-state index < -0.39 is 0 Å². The van der Waals surface area contributed by atoms with Crippen molar-refractivity contribution in [1.29, 1.82) is 0 Å². The summed E-state index contributed by atoms with van der Waals surface area (Å²) in [6.45, 7) is 12.8. The van der Waals surface area contributed by atoms with Crippen LogP contribution in [0.1, 0.15) is 40.5 Å². The number of hydrogen-bond donors (Lipinski definition) is 1. The van der Waals surface area contributed by atoms with Gasteiger partial charge >= 0.3 is 0 Å². The smallest absolute Gasteiger partial charge is 0.0221 e. The van der Waals surface area contributed by atoms with Crippen LogP contribution in [0.3, 0.4) is 0 Å². The summed E-state index contributed by atoms with van der Waals surface area (Å²) in [5, 5.41) is 3.55. The minimum atomic E-state index is 0.622. The molecule has 1 N–H and O–H groups in total. The summed E-state index contributed by atoms with van der Waals surface area (Å²) < 4.78 is 0. The Bertz CT molecular complexity index is 154. The Hall–Kier alpha value is -0.0800. The molecule has 1 fully saturated rings. The number of nitrogens with zero attached hydrogens (tertiary/aromatic N) is 1. The quantitative estimate of drug-likeness (QED) is 0.728. The van der Waals surface area contributed by atoms with E-state index >= 15 is 0 Å². The fourth-order valence-electron chi connectivity index (χ4n) is 2.21. The zero-order valence-electron chi connectivity index (χ0n) is 10.2. The monoisotopic (exact) mass is 198 g/mol. The van der Waals surface area contributed by atoms with E-state index in [-0.39, 0.29) is 0 Å². The maximum atomic E-state index is 3.55. The first-order valence-electron chi connectivity index (χ1n) is 6.07. The molecule has 2 heteroatoms. The second kappa shape index (κ2) is 5.72. The molecule has 0 aliphatic carbocycles. The molecule has 0 aromatic heterocycles. The predicted octanol–water partition coefficient (Wildman–Crippen LogP) is 2.10. The molecule has 14 heavy (non-hydrogen) atoms. The highest BCUT2D eigenvalue weighted by Gasteiger charge is 2.24. The molecule has 1 aliphatic rings. The van der Waals surface area contributed by atoms with Crippen molar-refractivity contribution in [2.24, 2.45) is 5.92 Å². The van der Waals surface area contributed by atoms with Crippen LogP contribution >= 0.6 is 0 Å². The minimum Gasteiger partial charge on any atom is -0.313 e. The van der Waals surface area contributed by atoms with Gasteiger partial charge in [0.25, 0.3) is 0 Å². The van der Waals surface area contributed by atoms with Gasteiger partial charge in [0.05, 0.1) is 0 Å². The third kappa shape index (κ3) is 3.97. The molecule has 1 atom stereocenters. The van der Waals surface area contributed by atoms with Crippen molar-refractivity contribution >= 4 is 0 Å². The molecule has 84 valence electrons. The first-order valence-corrected chi connectivity index (χ1v) is 6.07. The minimum absolute atomic E-state index is 0.622. The standard InChI is InChI=1S/C12H26N2/c1-10(2)9-14-7-5-6-12(14)8-13-11(3)4/h10-13H,5-9H2,1-4H3. The zero-order valence-corrected chi connectivity index (χ0v) is 10.2. The lowest BCUT2D eigenvalue weighted by Crippen LogP contribution is -2.41. The van der Waals surface area contributed by atoms with Gasteiger partial charge in [0.15, 0.2) is 0 Å². The van der Waals surface area contributed by atoms with Crippen molar-refractivity contribution in [2.45, 2.75) is 52.6 Å². The van der Waals surface area contributed by atoms with E-state index in [0.717, 1.165) is 12.0 Å². The van der Waals surface area contributed by atoms with Gasteiger partial charge in [0.2, 0.25) is 0 Å². The highest BCUT2D eigenvalue weighted by atomic mass is 15.2. The summed E-state index contributed by atoms with van der Waals surface area (Å²) in [5.41, 5.74) is 0. The number of likely N-dealkylation sites (tertiary alicyclic amines) is 1. The maximum Gasteiger partial charge on any atom is 0.0221 e. The number of rotatable bonds is 5.